The summed E-state index contributed by atoms with van der Waals surface area (Å²) in [6.07, 6.45) is 2.70. The van der Waals surface area contributed by atoms with Gasteiger partial charge in [-0.25, -0.2) is 4.98 Å². The Bertz CT molecular complexity index is 568. The summed E-state index contributed by atoms with van der Waals surface area (Å²) in [7, 11) is 1.92. The van der Waals surface area contributed by atoms with Crippen molar-refractivity contribution in [3.63, 3.8) is 0 Å². The lowest BCUT2D eigenvalue weighted by Crippen LogP contribution is -2.36. The van der Waals surface area contributed by atoms with Gasteiger partial charge in [-0.3, -0.25) is 9.69 Å². The molecule has 2 aromatic rings. The number of thiazole rings is 1. The van der Waals surface area contributed by atoms with E-state index in [0.717, 1.165) is 23.5 Å². The molecule has 20 heavy (non-hydrogen) atoms. The second-order valence-corrected chi connectivity index (χ2v) is 6.13. The zero-order valence-corrected chi connectivity index (χ0v) is 12.6. The highest BCUT2D eigenvalue weighted by Crippen LogP contribution is 2.20. The van der Waals surface area contributed by atoms with E-state index in [0.29, 0.717) is 0 Å². The summed E-state index contributed by atoms with van der Waals surface area (Å²) in [4.78, 5) is 19.3. The summed E-state index contributed by atoms with van der Waals surface area (Å²) >= 11 is 1.69. The smallest absolute Gasteiger partial charge is 0.239 e. The molecule has 106 valence electrons. The highest BCUT2D eigenvalue weighted by Gasteiger charge is 2.22. The Kier molecular flexibility index (Phi) is 4.87. The zero-order chi connectivity index (χ0) is 14.5. The minimum Gasteiger partial charge on any atom is -0.368 e. The quantitative estimate of drug-likeness (QED) is 0.886. The van der Waals surface area contributed by atoms with Gasteiger partial charge in [0.1, 0.15) is 6.04 Å². The number of primary amides is 1. The number of hydrogen-bond donors (Lipinski definition) is 1. The third-order valence-electron chi connectivity index (χ3n) is 3.17. The van der Waals surface area contributed by atoms with Crippen molar-refractivity contribution in [3.8, 4) is 0 Å². The van der Waals surface area contributed by atoms with Crippen LogP contribution in [0.25, 0.3) is 0 Å². The van der Waals surface area contributed by atoms with Crippen molar-refractivity contribution >= 4 is 17.2 Å². The Balaban J connectivity index is 2.04. The third-order valence-corrected chi connectivity index (χ3v) is 4.15. The van der Waals surface area contributed by atoms with Crippen molar-refractivity contribution in [1.29, 1.82) is 0 Å². The molecule has 1 aromatic heterocycles. The molecule has 5 heteroatoms. The monoisotopic (exact) mass is 289 g/mol. The fourth-order valence-electron chi connectivity index (χ4n) is 2.19. The number of amides is 1. The first-order chi connectivity index (χ1) is 9.58. The van der Waals surface area contributed by atoms with Gasteiger partial charge in [0.05, 0.1) is 5.01 Å². The number of hydrogen-bond acceptors (Lipinski definition) is 4. The minimum atomic E-state index is -0.391. The molecule has 2 N–H and O–H groups in total. The van der Waals surface area contributed by atoms with Gasteiger partial charge in [-0.1, -0.05) is 30.3 Å². The van der Waals surface area contributed by atoms with Gasteiger partial charge < -0.3 is 5.73 Å². The summed E-state index contributed by atoms with van der Waals surface area (Å²) in [5.41, 5.74) is 6.48. The number of aromatic nitrogens is 1. The van der Waals surface area contributed by atoms with Crippen LogP contribution >= 0.6 is 11.3 Å². The van der Waals surface area contributed by atoms with E-state index in [4.69, 9.17) is 5.73 Å². The molecule has 0 spiro atoms. The van der Waals surface area contributed by atoms with Crippen LogP contribution in [0.3, 0.4) is 0 Å². The Labute approximate surface area is 123 Å². The first kappa shape index (κ1) is 14.7. The number of carbonyl (C=O) groups is 1. The standard InChI is InChI=1S/C15H19N3OS/c1-11-10-17-13(20-11)8-9-18(2)14(15(16)19)12-6-4-3-5-7-12/h3-7,10,14H,8-9H2,1-2H3,(H2,16,19)/t14-/m1/s1. The van der Waals surface area contributed by atoms with Crippen molar-refractivity contribution in [2.75, 3.05) is 13.6 Å². The molecule has 0 fully saturated rings. The Morgan fingerprint density at radius 1 is 1.40 bits per heavy atom. The first-order valence-electron chi connectivity index (χ1n) is 6.53. The third kappa shape index (κ3) is 3.65. The average Bonchev–Trinajstić information content (AvgIpc) is 2.83. The summed E-state index contributed by atoms with van der Waals surface area (Å²) in [6.45, 7) is 2.79. The van der Waals surface area contributed by atoms with E-state index in [2.05, 4.69) is 4.98 Å². The summed E-state index contributed by atoms with van der Waals surface area (Å²) < 4.78 is 0. The first-order valence-corrected chi connectivity index (χ1v) is 7.35. The van der Waals surface area contributed by atoms with Crippen molar-refractivity contribution in [2.24, 2.45) is 5.73 Å². The summed E-state index contributed by atoms with van der Waals surface area (Å²) in [5, 5.41) is 1.09. The molecular weight excluding hydrogens is 270 g/mol. The fourth-order valence-corrected chi connectivity index (χ4v) is 2.97. The van der Waals surface area contributed by atoms with Crippen molar-refractivity contribution in [3.05, 3.63) is 52.0 Å². The Morgan fingerprint density at radius 3 is 2.65 bits per heavy atom. The van der Waals surface area contributed by atoms with Gasteiger partial charge >= 0.3 is 0 Å². The normalized spacial score (nSPS) is 12.6. The van der Waals surface area contributed by atoms with E-state index in [1.807, 2.05) is 55.4 Å². The maximum atomic E-state index is 11.7. The average molecular weight is 289 g/mol. The minimum absolute atomic E-state index is 0.325. The predicted octanol–water partition coefficient (Wildman–Crippen LogP) is 2.15. The van der Waals surface area contributed by atoms with Gasteiger partial charge in [-0.15, -0.1) is 11.3 Å². The van der Waals surface area contributed by atoms with Gasteiger partial charge in [0.25, 0.3) is 0 Å². The zero-order valence-electron chi connectivity index (χ0n) is 11.7. The number of likely N-dealkylation sites (N-methyl/N-ethyl adjacent to an activating group) is 1. The molecule has 2 rings (SSSR count). The van der Waals surface area contributed by atoms with Gasteiger partial charge in [-0.2, -0.15) is 0 Å². The number of nitrogens with zero attached hydrogens (tertiary/aromatic N) is 2. The van der Waals surface area contributed by atoms with Gasteiger partial charge in [0.2, 0.25) is 5.91 Å². The van der Waals surface area contributed by atoms with Crippen LogP contribution in [0.1, 0.15) is 21.5 Å². The number of carbonyl (C=O) groups excluding carboxylic acids is 1. The van der Waals surface area contributed by atoms with Gasteiger partial charge in [0.15, 0.2) is 0 Å². The van der Waals surface area contributed by atoms with Crippen molar-refractivity contribution < 1.29 is 4.79 Å². The van der Waals surface area contributed by atoms with E-state index in [1.54, 1.807) is 11.3 Å². The van der Waals surface area contributed by atoms with Crippen molar-refractivity contribution in [1.82, 2.24) is 9.88 Å². The van der Waals surface area contributed by atoms with E-state index in [1.165, 1.54) is 4.88 Å². The number of benzene rings is 1. The summed E-state index contributed by atoms with van der Waals surface area (Å²) in [5.74, 6) is -0.325. The molecule has 0 aliphatic rings. The molecule has 0 bridgehead atoms. The van der Waals surface area contributed by atoms with Crippen molar-refractivity contribution in [2.45, 2.75) is 19.4 Å². The maximum absolute atomic E-state index is 11.7. The largest absolute Gasteiger partial charge is 0.368 e. The van der Waals surface area contributed by atoms with Crippen LogP contribution in [0.5, 0.6) is 0 Å². The van der Waals surface area contributed by atoms with Crippen LogP contribution in [0.2, 0.25) is 0 Å². The lowest BCUT2D eigenvalue weighted by atomic mass is 10.1. The van der Waals surface area contributed by atoms with Crippen LogP contribution in [-0.4, -0.2) is 29.4 Å². The van der Waals surface area contributed by atoms with E-state index >= 15 is 0 Å². The topological polar surface area (TPSA) is 59.2 Å². The second-order valence-electron chi connectivity index (χ2n) is 4.81. The lowest BCUT2D eigenvalue weighted by Gasteiger charge is -2.25. The van der Waals surface area contributed by atoms with Crippen LogP contribution in [0.4, 0.5) is 0 Å². The number of nitrogens with two attached hydrogens (primary N) is 1. The molecule has 1 aromatic carbocycles. The molecule has 0 saturated heterocycles. The van der Waals surface area contributed by atoms with Crippen LogP contribution < -0.4 is 5.73 Å². The number of aryl methyl sites for hydroxylation is 1. The highest BCUT2D eigenvalue weighted by atomic mass is 32.1. The summed E-state index contributed by atoms with van der Waals surface area (Å²) in [6, 6.07) is 9.24. The Morgan fingerprint density at radius 2 is 2.10 bits per heavy atom. The second kappa shape index (κ2) is 6.63. The molecule has 0 aliphatic carbocycles. The molecule has 1 heterocycles. The van der Waals surface area contributed by atoms with Crippen LogP contribution in [0.15, 0.2) is 36.5 Å². The Hall–Kier alpha value is -1.72. The van der Waals surface area contributed by atoms with Gasteiger partial charge in [-0.05, 0) is 19.5 Å². The maximum Gasteiger partial charge on any atom is 0.239 e. The molecule has 0 unspecified atom stereocenters. The van der Waals surface area contributed by atoms with E-state index in [9.17, 15) is 4.79 Å². The predicted molar refractivity (Wildman–Crippen MR) is 81.6 cm³/mol. The molecule has 1 atom stereocenters. The molecule has 4 nitrogen and oxygen atoms in total. The molecular formula is C15H19N3OS. The van der Waals surface area contributed by atoms with Gasteiger partial charge in [0, 0.05) is 24.0 Å². The lowest BCUT2D eigenvalue weighted by molar-refractivity contribution is -0.123. The molecule has 0 radical (unpaired) electrons. The van der Waals surface area contributed by atoms with E-state index in [-0.39, 0.29) is 5.91 Å². The molecule has 0 saturated carbocycles. The van der Waals surface area contributed by atoms with Crippen LogP contribution in [0, 0.1) is 6.92 Å². The highest BCUT2D eigenvalue weighted by molar-refractivity contribution is 7.11. The SMILES string of the molecule is Cc1cnc(CCN(C)[C@@H](C(N)=O)c2ccccc2)s1. The number of rotatable bonds is 6. The molecule has 1 amide bonds. The molecule has 0 aliphatic heterocycles. The fraction of sp³-hybridized carbons (Fsp3) is 0.333. The van der Waals surface area contributed by atoms with E-state index < -0.39 is 6.04 Å². The van der Waals surface area contributed by atoms with Crippen LogP contribution in [-0.2, 0) is 11.2 Å².